The fourth-order valence-corrected chi connectivity index (χ4v) is 0.462. The second-order valence-electron chi connectivity index (χ2n) is 1.77. The van der Waals surface area contributed by atoms with Crippen LogP contribution in [-0.4, -0.2) is 18.0 Å². The summed E-state index contributed by atoms with van der Waals surface area (Å²) in [6, 6.07) is 0. The van der Waals surface area contributed by atoms with Crippen LogP contribution in [0.4, 0.5) is 0 Å². The van der Waals surface area contributed by atoms with Gasteiger partial charge in [-0.25, -0.2) is 0 Å². The molecule has 0 aliphatic heterocycles. The Hall–Kier alpha value is -0.890. The van der Waals surface area contributed by atoms with Gasteiger partial charge in [-0.15, -0.1) is 0 Å². The number of rotatable bonds is 5. The Morgan fingerprint density at radius 3 is 2.50 bits per heavy atom. The number of carbonyl (C=O) groups is 1. The minimum atomic E-state index is 0.179. The Morgan fingerprint density at radius 1 is 1.20 bits per heavy atom. The molecule has 10 heavy (non-hydrogen) atoms. The first-order chi connectivity index (χ1) is 4.91. The van der Waals surface area contributed by atoms with Gasteiger partial charge in [0.1, 0.15) is 6.29 Å². The molecule has 2 heteroatoms. The zero-order chi connectivity index (χ0) is 7.66. The van der Waals surface area contributed by atoms with E-state index in [-0.39, 0.29) is 6.61 Å². The number of aliphatic hydroxyl groups is 1. The third-order valence-electron chi connectivity index (χ3n) is 0.911. The Labute approximate surface area is 60.9 Å². The molecule has 0 bridgehead atoms. The lowest BCUT2D eigenvalue weighted by atomic mass is 10.3. The van der Waals surface area contributed by atoms with Gasteiger partial charge < -0.3 is 9.90 Å². The zero-order valence-corrected chi connectivity index (χ0v) is 5.86. The molecule has 56 valence electrons. The number of aldehydes is 1. The van der Waals surface area contributed by atoms with Crippen molar-refractivity contribution in [3.63, 3.8) is 0 Å². The van der Waals surface area contributed by atoms with Gasteiger partial charge in [0.2, 0.25) is 0 Å². The van der Waals surface area contributed by atoms with Crippen LogP contribution < -0.4 is 0 Å². The van der Waals surface area contributed by atoms with Crippen molar-refractivity contribution in [2.45, 2.75) is 12.8 Å². The molecule has 0 radical (unpaired) electrons. The lowest BCUT2D eigenvalue weighted by Crippen LogP contribution is -1.73. The Kier molecular flexibility index (Phi) is 7.39. The van der Waals surface area contributed by atoms with Crippen LogP contribution in [0, 0.1) is 0 Å². The van der Waals surface area contributed by atoms with Gasteiger partial charge in [-0.05, 0) is 6.42 Å². The first kappa shape index (κ1) is 9.11. The van der Waals surface area contributed by atoms with Crippen LogP contribution in [0.1, 0.15) is 12.8 Å². The largest absolute Gasteiger partial charge is 0.396 e. The number of hydrogen-bond acceptors (Lipinski definition) is 2. The monoisotopic (exact) mass is 140 g/mol. The van der Waals surface area contributed by atoms with Crippen LogP contribution in [0.25, 0.3) is 0 Å². The molecule has 0 aliphatic rings. The van der Waals surface area contributed by atoms with Crippen molar-refractivity contribution in [1.82, 2.24) is 0 Å². The lowest BCUT2D eigenvalue weighted by Gasteiger charge is -1.79. The van der Waals surface area contributed by atoms with Crippen LogP contribution in [0.2, 0.25) is 0 Å². The average molecular weight is 140 g/mol. The van der Waals surface area contributed by atoms with Crippen molar-refractivity contribution in [3.05, 3.63) is 24.3 Å². The fraction of sp³-hybridized carbons (Fsp3) is 0.375. The molecule has 0 fully saturated rings. The summed E-state index contributed by atoms with van der Waals surface area (Å²) in [7, 11) is 0. The highest BCUT2D eigenvalue weighted by atomic mass is 16.2. The quantitative estimate of drug-likeness (QED) is 0.458. The Bertz CT molecular complexity index is 125. The highest BCUT2D eigenvalue weighted by Crippen LogP contribution is 1.83. The van der Waals surface area contributed by atoms with Gasteiger partial charge in [0.15, 0.2) is 0 Å². The van der Waals surface area contributed by atoms with E-state index in [1.54, 1.807) is 12.2 Å². The molecule has 0 rings (SSSR count). The summed E-state index contributed by atoms with van der Waals surface area (Å²) < 4.78 is 0. The van der Waals surface area contributed by atoms with E-state index in [2.05, 4.69) is 0 Å². The first-order valence-electron chi connectivity index (χ1n) is 3.28. The van der Waals surface area contributed by atoms with E-state index >= 15 is 0 Å². The van der Waals surface area contributed by atoms with Gasteiger partial charge in [0.25, 0.3) is 0 Å². The summed E-state index contributed by atoms with van der Waals surface area (Å²) in [5.74, 6) is 0. The van der Waals surface area contributed by atoms with Crippen molar-refractivity contribution in [2.24, 2.45) is 0 Å². The number of hydrogen-bond donors (Lipinski definition) is 1. The Balaban J connectivity index is 3.22. The summed E-state index contributed by atoms with van der Waals surface area (Å²) in [5.41, 5.74) is 0. The van der Waals surface area contributed by atoms with E-state index in [4.69, 9.17) is 5.11 Å². The van der Waals surface area contributed by atoms with Gasteiger partial charge in [-0.3, -0.25) is 0 Å². The number of allylic oxidation sites excluding steroid dienone is 3. The summed E-state index contributed by atoms with van der Waals surface area (Å²) in [4.78, 5) is 9.78. The van der Waals surface area contributed by atoms with Gasteiger partial charge >= 0.3 is 0 Å². The highest BCUT2D eigenvalue weighted by molar-refractivity contribution is 5.52. The number of aliphatic hydroxyl groups excluding tert-OH is 1. The maximum Gasteiger partial charge on any atom is 0.123 e. The third-order valence-corrected chi connectivity index (χ3v) is 0.911. The third kappa shape index (κ3) is 7.11. The van der Waals surface area contributed by atoms with Crippen LogP contribution in [-0.2, 0) is 4.79 Å². The summed E-state index contributed by atoms with van der Waals surface area (Å²) in [6.45, 7) is 0.179. The SMILES string of the molecule is O=CCC=CC=CCCO. The second-order valence-corrected chi connectivity index (χ2v) is 1.77. The van der Waals surface area contributed by atoms with E-state index in [9.17, 15) is 4.79 Å². The molecule has 0 saturated carbocycles. The van der Waals surface area contributed by atoms with E-state index in [0.29, 0.717) is 12.8 Å². The smallest absolute Gasteiger partial charge is 0.123 e. The molecule has 0 aromatic rings. The van der Waals surface area contributed by atoms with E-state index in [1.807, 2.05) is 12.2 Å². The molecule has 0 amide bonds. The van der Waals surface area contributed by atoms with E-state index in [0.717, 1.165) is 6.29 Å². The molecule has 0 unspecified atom stereocenters. The fourth-order valence-electron chi connectivity index (χ4n) is 0.462. The predicted octanol–water partition coefficient (Wildman–Crippen LogP) is 1.07. The standard InChI is InChI=1S/C8H12O2/c9-7-5-3-1-2-4-6-8-10/h1-4,7,10H,5-6,8H2. The van der Waals surface area contributed by atoms with Crippen LogP contribution >= 0.6 is 0 Å². The van der Waals surface area contributed by atoms with Crippen molar-refractivity contribution < 1.29 is 9.90 Å². The molecule has 0 heterocycles. The van der Waals surface area contributed by atoms with Crippen molar-refractivity contribution in [1.29, 1.82) is 0 Å². The molecular weight excluding hydrogens is 128 g/mol. The average Bonchev–Trinajstić information content (AvgIpc) is 1.97. The minimum Gasteiger partial charge on any atom is -0.396 e. The van der Waals surface area contributed by atoms with Gasteiger partial charge in [0, 0.05) is 13.0 Å². The summed E-state index contributed by atoms with van der Waals surface area (Å²) in [5, 5.41) is 8.34. The van der Waals surface area contributed by atoms with Crippen LogP contribution in [0.5, 0.6) is 0 Å². The van der Waals surface area contributed by atoms with E-state index < -0.39 is 0 Å². The molecule has 0 saturated heterocycles. The molecule has 1 N–H and O–H groups in total. The normalized spacial score (nSPS) is 11.3. The maximum absolute atomic E-state index is 9.78. The van der Waals surface area contributed by atoms with Crippen LogP contribution in [0.3, 0.4) is 0 Å². The van der Waals surface area contributed by atoms with Gasteiger partial charge in [-0.1, -0.05) is 24.3 Å². The highest BCUT2D eigenvalue weighted by Gasteiger charge is 1.71. The Morgan fingerprint density at radius 2 is 1.90 bits per heavy atom. The number of carbonyl (C=O) groups excluding carboxylic acids is 1. The summed E-state index contributed by atoms with van der Waals surface area (Å²) >= 11 is 0. The molecule has 0 aromatic heterocycles. The summed E-state index contributed by atoms with van der Waals surface area (Å²) in [6.07, 6.45) is 9.21. The van der Waals surface area contributed by atoms with E-state index in [1.165, 1.54) is 0 Å². The van der Waals surface area contributed by atoms with Gasteiger partial charge in [-0.2, -0.15) is 0 Å². The predicted molar refractivity (Wildman–Crippen MR) is 40.7 cm³/mol. The molecule has 0 atom stereocenters. The lowest BCUT2D eigenvalue weighted by molar-refractivity contribution is -0.107. The van der Waals surface area contributed by atoms with Crippen molar-refractivity contribution in [3.8, 4) is 0 Å². The second kappa shape index (κ2) is 8.11. The molecule has 0 spiro atoms. The first-order valence-corrected chi connectivity index (χ1v) is 3.28. The van der Waals surface area contributed by atoms with Crippen molar-refractivity contribution >= 4 is 6.29 Å². The van der Waals surface area contributed by atoms with Crippen LogP contribution in [0.15, 0.2) is 24.3 Å². The maximum atomic E-state index is 9.78. The minimum absolute atomic E-state index is 0.179. The topological polar surface area (TPSA) is 37.3 Å². The zero-order valence-electron chi connectivity index (χ0n) is 5.86. The molecule has 0 aliphatic carbocycles. The molecule has 0 aromatic carbocycles. The van der Waals surface area contributed by atoms with Crippen molar-refractivity contribution in [2.75, 3.05) is 6.61 Å². The molecular formula is C8H12O2. The molecule has 2 nitrogen and oxygen atoms in total. The van der Waals surface area contributed by atoms with Gasteiger partial charge in [0.05, 0.1) is 0 Å².